The summed E-state index contributed by atoms with van der Waals surface area (Å²) in [7, 11) is 0. The van der Waals surface area contributed by atoms with E-state index >= 15 is 0 Å². The highest BCUT2D eigenvalue weighted by Gasteiger charge is 2.30. The minimum Gasteiger partial charge on any atom is -0.393 e. The van der Waals surface area contributed by atoms with Crippen LogP contribution in [0.5, 0.6) is 0 Å². The van der Waals surface area contributed by atoms with Crippen LogP contribution < -0.4 is 10.6 Å². The number of rotatable bonds is 4. The number of benzene rings is 1. The first-order valence-electron chi connectivity index (χ1n) is 6.40. The smallest absolute Gasteiger partial charge is 0.248 e. The zero-order valence-corrected chi connectivity index (χ0v) is 12.2. The van der Waals surface area contributed by atoms with Gasteiger partial charge in [0.05, 0.1) is 18.1 Å². The molecule has 1 aromatic rings. The molecule has 106 valence electrons. The average Bonchev–Trinajstić information content (AvgIpc) is 2.38. The molecule has 0 unspecified atom stereocenters. The summed E-state index contributed by atoms with van der Waals surface area (Å²) in [6.45, 7) is 2.67. The van der Waals surface area contributed by atoms with Crippen LogP contribution in [0.4, 0.5) is 5.69 Å². The highest BCUT2D eigenvalue weighted by Crippen LogP contribution is 2.18. The highest BCUT2D eigenvalue weighted by atomic mass is 32.1. The number of piperazine rings is 1. The minimum atomic E-state index is -0.210. The predicted octanol–water partition coefficient (Wildman–Crippen LogP) is 0.846. The molecule has 2 amide bonds. The fourth-order valence-electron chi connectivity index (χ4n) is 2.10. The number of hydrogen-bond donors (Lipinski definition) is 1. The van der Waals surface area contributed by atoms with Gasteiger partial charge < -0.3 is 10.6 Å². The van der Waals surface area contributed by atoms with Gasteiger partial charge >= 0.3 is 0 Å². The van der Waals surface area contributed by atoms with Crippen LogP contribution in [0.2, 0.25) is 0 Å². The van der Waals surface area contributed by atoms with Gasteiger partial charge in [-0.2, -0.15) is 0 Å². The number of imide groups is 1. The molecular formula is C14H17N3O2S. The molecule has 1 aliphatic rings. The van der Waals surface area contributed by atoms with Crippen LogP contribution in [0.3, 0.4) is 0 Å². The first kappa shape index (κ1) is 14.5. The molecule has 0 bridgehead atoms. The van der Waals surface area contributed by atoms with E-state index < -0.39 is 0 Å². The molecule has 5 nitrogen and oxygen atoms in total. The Morgan fingerprint density at radius 1 is 1.20 bits per heavy atom. The number of anilines is 1. The molecule has 0 saturated carbocycles. The fraction of sp³-hybridized carbons (Fsp3) is 0.357. The maximum absolute atomic E-state index is 12.0. The number of aryl methyl sites for hydroxylation is 1. The number of thiocarbonyl (C=S) groups is 1. The van der Waals surface area contributed by atoms with Gasteiger partial charge in [-0.25, -0.2) is 0 Å². The summed E-state index contributed by atoms with van der Waals surface area (Å²) in [6.07, 6.45) is 0.372. The molecule has 0 atom stereocenters. The summed E-state index contributed by atoms with van der Waals surface area (Å²) in [5.41, 5.74) is 7.43. The van der Waals surface area contributed by atoms with Gasteiger partial charge in [-0.05, 0) is 19.1 Å². The molecule has 2 rings (SSSR count). The highest BCUT2D eigenvalue weighted by molar-refractivity contribution is 7.80. The van der Waals surface area contributed by atoms with Gasteiger partial charge in [-0.3, -0.25) is 14.5 Å². The summed E-state index contributed by atoms with van der Waals surface area (Å²) in [4.78, 5) is 27.4. The van der Waals surface area contributed by atoms with E-state index in [4.69, 9.17) is 18.0 Å². The Labute approximate surface area is 123 Å². The quantitative estimate of drug-likeness (QED) is 0.658. The number of carbonyl (C=O) groups excluding carboxylic acids is 2. The second-order valence-electron chi connectivity index (χ2n) is 4.85. The van der Waals surface area contributed by atoms with Crippen LogP contribution in [0, 0.1) is 6.92 Å². The van der Waals surface area contributed by atoms with Crippen LogP contribution in [0.25, 0.3) is 0 Å². The topological polar surface area (TPSA) is 66.6 Å². The van der Waals surface area contributed by atoms with E-state index in [0.717, 1.165) is 11.3 Å². The van der Waals surface area contributed by atoms with Crippen LogP contribution in [-0.4, -0.2) is 41.3 Å². The number of amides is 2. The lowest BCUT2D eigenvalue weighted by molar-refractivity contribution is -0.145. The second kappa shape index (κ2) is 6.00. The van der Waals surface area contributed by atoms with Gasteiger partial charge in [-0.1, -0.05) is 29.9 Å². The molecule has 1 aliphatic heterocycles. The van der Waals surface area contributed by atoms with Crippen molar-refractivity contribution in [3.05, 3.63) is 29.8 Å². The second-order valence-corrected chi connectivity index (χ2v) is 5.37. The maximum Gasteiger partial charge on any atom is 0.248 e. The van der Waals surface area contributed by atoms with E-state index in [1.54, 1.807) is 4.90 Å². The first-order chi connectivity index (χ1) is 9.47. The van der Waals surface area contributed by atoms with Crippen molar-refractivity contribution in [2.45, 2.75) is 13.3 Å². The van der Waals surface area contributed by atoms with E-state index in [1.807, 2.05) is 31.2 Å². The molecule has 2 N–H and O–H groups in total. The van der Waals surface area contributed by atoms with Crippen molar-refractivity contribution < 1.29 is 9.59 Å². The summed E-state index contributed by atoms with van der Waals surface area (Å²) >= 11 is 4.77. The van der Waals surface area contributed by atoms with Crippen LogP contribution >= 0.6 is 12.2 Å². The lowest BCUT2D eigenvalue weighted by Crippen LogP contribution is -2.54. The van der Waals surface area contributed by atoms with Gasteiger partial charge in [0.2, 0.25) is 11.8 Å². The van der Waals surface area contributed by atoms with Crippen LogP contribution in [0.15, 0.2) is 24.3 Å². The summed E-state index contributed by atoms with van der Waals surface area (Å²) in [6, 6.07) is 7.76. The summed E-state index contributed by atoms with van der Waals surface area (Å²) < 4.78 is 0. The van der Waals surface area contributed by atoms with Gasteiger partial charge in [0.25, 0.3) is 0 Å². The zero-order valence-electron chi connectivity index (χ0n) is 11.3. The fourth-order valence-corrected chi connectivity index (χ4v) is 2.19. The molecule has 20 heavy (non-hydrogen) atoms. The largest absolute Gasteiger partial charge is 0.393 e. The van der Waals surface area contributed by atoms with Crippen molar-refractivity contribution in [1.29, 1.82) is 0 Å². The molecule has 1 aromatic carbocycles. The molecule has 0 aromatic heterocycles. The molecule has 0 radical (unpaired) electrons. The molecular weight excluding hydrogens is 274 g/mol. The van der Waals surface area contributed by atoms with Crippen molar-refractivity contribution in [2.75, 3.05) is 24.5 Å². The number of hydrogen-bond acceptors (Lipinski definition) is 4. The zero-order chi connectivity index (χ0) is 14.7. The van der Waals surface area contributed by atoms with Gasteiger partial charge in [0.15, 0.2) is 0 Å². The predicted molar refractivity (Wildman–Crippen MR) is 81.5 cm³/mol. The van der Waals surface area contributed by atoms with E-state index in [-0.39, 0.29) is 31.4 Å². The van der Waals surface area contributed by atoms with Crippen molar-refractivity contribution in [3.8, 4) is 0 Å². The SMILES string of the molecule is Cc1ccc(N2CC(=O)N(CCC(N)=S)C(=O)C2)cc1. The van der Waals surface area contributed by atoms with Crippen molar-refractivity contribution in [3.63, 3.8) is 0 Å². The Kier molecular flexibility index (Phi) is 4.34. The number of nitrogens with zero attached hydrogens (tertiary/aromatic N) is 2. The third-order valence-electron chi connectivity index (χ3n) is 3.24. The minimum absolute atomic E-state index is 0.201. The molecule has 1 saturated heterocycles. The Balaban J connectivity index is 2.05. The standard InChI is InChI=1S/C14H17N3O2S/c1-10-2-4-11(5-3-10)16-8-13(18)17(14(19)9-16)7-6-12(15)20/h2-5H,6-9H2,1H3,(H2,15,20). The summed E-state index contributed by atoms with van der Waals surface area (Å²) in [5.74, 6) is -0.420. The van der Waals surface area contributed by atoms with Crippen molar-refractivity contribution in [1.82, 2.24) is 4.90 Å². The normalized spacial score (nSPS) is 15.7. The molecule has 1 fully saturated rings. The van der Waals surface area contributed by atoms with E-state index in [1.165, 1.54) is 4.90 Å². The Hall–Kier alpha value is -1.95. The van der Waals surface area contributed by atoms with Crippen LogP contribution in [0.1, 0.15) is 12.0 Å². The third kappa shape index (κ3) is 3.33. The van der Waals surface area contributed by atoms with Crippen molar-refractivity contribution in [2.24, 2.45) is 5.73 Å². The molecule has 0 aliphatic carbocycles. The van der Waals surface area contributed by atoms with E-state index in [0.29, 0.717) is 11.4 Å². The van der Waals surface area contributed by atoms with Crippen LogP contribution in [-0.2, 0) is 9.59 Å². The van der Waals surface area contributed by atoms with Gasteiger partial charge in [-0.15, -0.1) is 0 Å². The number of nitrogens with two attached hydrogens (primary N) is 1. The van der Waals surface area contributed by atoms with E-state index in [9.17, 15) is 9.59 Å². The third-order valence-corrected chi connectivity index (χ3v) is 3.44. The Bertz CT molecular complexity index is 524. The number of carbonyl (C=O) groups is 2. The lowest BCUT2D eigenvalue weighted by Gasteiger charge is -2.34. The Morgan fingerprint density at radius 2 is 1.75 bits per heavy atom. The average molecular weight is 291 g/mol. The van der Waals surface area contributed by atoms with Crippen molar-refractivity contribution >= 4 is 34.7 Å². The maximum atomic E-state index is 12.0. The Morgan fingerprint density at radius 3 is 2.25 bits per heavy atom. The monoisotopic (exact) mass is 291 g/mol. The molecule has 6 heteroatoms. The molecule has 1 heterocycles. The summed E-state index contributed by atoms with van der Waals surface area (Å²) in [5, 5.41) is 0. The van der Waals surface area contributed by atoms with E-state index in [2.05, 4.69) is 0 Å². The van der Waals surface area contributed by atoms with Gasteiger partial charge in [0.1, 0.15) is 0 Å². The molecule has 0 spiro atoms. The lowest BCUT2D eigenvalue weighted by atomic mass is 10.2. The first-order valence-corrected chi connectivity index (χ1v) is 6.81. The van der Waals surface area contributed by atoms with Gasteiger partial charge in [0, 0.05) is 18.7 Å².